The van der Waals surface area contributed by atoms with Gasteiger partial charge in [0.1, 0.15) is 5.54 Å². The second-order valence-electron chi connectivity index (χ2n) is 5.60. The average Bonchev–Trinajstić information content (AvgIpc) is 3.12. The predicted molar refractivity (Wildman–Crippen MR) is 79.3 cm³/mol. The van der Waals surface area contributed by atoms with Crippen LogP contribution in [0.2, 0.25) is 5.02 Å². The van der Waals surface area contributed by atoms with Crippen LogP contribution in [0.5, 0.6) is 0 Å². The lowest BCUT2D eigenvalue weighted by Gasteiger charge is -2.26. The van der Waals surface area contributed by atoms with Crippen LogP contribution in [0.3, 0.4) is 0 Å². The molecule has 0 aliphatic heterocycles. The maximum Gasteiger partial charge on any atom is 0.323 e. The highest BCUT2D eigenvalue weighted by Crippen LogP contribution is 2.41. The first-order valence-corrected chi connectivity index (χ1v) is 8.12. The molecule has 0 radical (unpaired) electrons. The van der Waals surface area contributed by atoms with Crippen molar-refractivity contribution in [1.82, 2.24) is 10.3 Å². The number of carboxylic acids is 1. The quantitative estimate of drug-likeness (QED) is 0.875. The van der Waals surface area contributed by atoms with E-state index in [9.17, 15) is 9.90 Å². The third-order valence-electron chi connectivity index (χ3n) is 3.92. The zero-order chi connectivity index (χ0) is 14.2. The van der Waals surface area contributed by atoms with Crippen molar-refractivity contribution >= 4 is 29.3 Å². The van der Waals surface area contributed by atoms with Crippen molar-refractivity contribution in [3.8, 4) is 0 Å². The van der Waals surface area contributed by atoms with E-state index in [1.165, 1.54) is 0 Å². The Labute approximate surface area is 127 Å². The third-order valence-corrected chi connectivity index (χ3v) is 5.37. The van der Waals surface area contributed by atoms with E-state index in [2.05, 4.69) is 10.3 Å². The van der Waals surface area contributed by atoms with Crippen LogP contribution in [0.15, 0.2) is 23.4 Å². The molecule has 108 valence electrons. The van der Waals surface area contributed by atoms with Gasteiger partial charge in [0, 0.05) is 17.5 Å². The molecule has 20 heavy (non-hydrogen) atoms. The number of halogens is 1. The molecule has 6 heteroatoms. The van der Waals surface area contributed by atoms with Crippen molar-refractivity contribution in [3.63, 3.8) is 0 Å². The lowest BCUT2D eigenvalue weighted by Crippen LogP contribution is -2.51. The Morgan fingerprint density at radius 1 is 1.45 bits per heavy atom. The summed E-state index contributed by atoms with van der Waals surface area (Å²) >= 11 is 7.47. The SMILES string of the molecule is O=C(O)C1(NC2CC2)CCC(Sc2ccc(Cl)cn2)C1. The molecule has 0 aromatic carbocycles. The van der Waals surface area contributed by atoms with Gasteiger partial charge in [-0.25, -0.2) is 4.98 Å². The molecule has 3 rings (SSSR count). The molecule has 4 nitrogen and oxygen atoms in total. The molecule has 2 aliphatic carbocycles. The summed E-state index contributed by atoms with van der Waals surface area (Å²) in [6, 6.07) is 4.12. The number of hydrogen-bond donors (Lipinski definition) is 2. The minimum atomic E-state index is -0.731. The van der Waals surface area contributed by atoms with Gasteiger partial charge in [-0.2, -0.15) is 0 Å². The molecule has 0 bridgehead atoms. The molecule has 0 spiro atoms. The van der Waals surface area contributed by atoms with Crippen LogP contribution >= 0.6 is 23.4 Å². The van der Waals surface area contributed by atoms with Crippen molar-refractivity contribution in [2.24, 2.45) is 0 Å². The summed E-state index contributed by atoms with van der Waals surface area (Å²) in [5.41, 5.74) is -0.731. The summed E-state index contributed by atoms with van der Waals surface area (Å²) in [6.45, 7) is 0. The van der Waals surface area contributed by atoms with Gasteiger partial charge in [-0.3, -0.25) is 10.1 Å². The molecular formula is C14H17ClN2O2S. The molecule has 2 unspecified atom stereocenters. The number of thioether (sulfide) groups is 1. The first-order valence-electron chi connectivity index (χ1n) is 6.87. The molecule has 2 N–H and O–H groups in total. The van der Waals surface area contributed by atoms with Crippen LogP contribution < -0.4 is 5.32 Å². The zero-order valence-electron chi connectivity index (χ0n) is 11.0. The van der Waals surface area contributed by atoms with Crippen LogP contribution in [0, 0.1) is 0 Å². The number of rotatable bonds is 5. The Morgan fingerprint density at radius 3 is 2.85 bits per heavy atom. The van der Waals surface area contributed by atoms with Gasteiger partial charge in [-0.15, -0.1) is 11.8 Å². The number of aliphatic carboxylic acids is 1. The van der Waals surface area contributed by atoms with Gasteiger partial charge in [0.05, 0.1) is 10.0 Å². The lowest BCUT2D eigenvalue weighted by molar-refractivity contribution is -0.144. The molecule has 2 aliphatic rings. The van der Waals surface area contributed by atoms with Crippen molar-refractivity contribution in [2.75, 3.05) is 0 Å². The molecule has 1 aromatic heterocycles. The topological polar surface area (TPSA) is 62.2 Å². The smallest absolute Gasteiger partial charge is 0.323 e. The highest BCUT2D eigenvalue weighted by Gasteiger charge is 2.48. The molecule has 2 atom stereocenters. The molecule has 2 fully saturated rings. The number of carbonyl (C=O) groups is 1. The Balaban J connectivity index is 1.65. The Kier molecular flexibility index (Phi) is 3.93. The average molecular weight is 313 g/mol. The first-order chi connectivity index (χ1) is 9.57. The van der Waals surface area contributed by atoms with Crippen LogP contribution in [-0.2, 0) is 4.79 Å². The van der Waals surface area contributed by atoms with E-state index in [0.29, 0.717) is 29.2 Å². The standard InChI is InChI=1S/C14H17ClN2O2S/c15-9-1-4-12(16-8-9)20-11-5-6-14(7-11,13(18)19)17-10-2-3-10/h1,4,8,10-11,17H,2-3,5-7H2,(H,18,19). The molecular weight excluding hydrogens is 296 g/mol. The summed E-state index contributed by atoms with van der Waals surface area (Å²) in [5, 5.41) is 14.7. The van der Waals surface area contributed by atoms with Gasteiger partial charge in [0.15, 0.2) is 0 Å². The van der Waals surface area contributed by atoms with Gasteiger partial charge < -0.3 is 5.11 Å². The Bertz CT molecular complexity index is 506. The lowest BCUT2D eigenvalue weighted by atomic mass is 9.98. The van der Waals surface area contributed by atoms with Crippen LogP contribution in [0.4, 0.5) is 0 Å². The maximum atomic E-state index is 11.6. The number of carboxylic acid groups (broad SMARTS) is 1. The van der Waals surface area contributed by atoms with Crippen LogP contribution in [0.25, 0.3) is 0 Å². The van der Waals surface area contributed by atoms with E-state index in [1.54, 1.807) is 18.0 Å². The summed E-state index contributed by atoms with van der Waals surface area (Å²) in [4.78, 5) is 15.9. The highest BCUT2D eigenvalue weighted by atomic mass is 35.5. The van der Waals surface area contributed by atoms with E-state index >= 15 is 0 Å². The normalized spacial score (nSPS) is 29.6. The van der Waals surface area contributed by atoms with Gasteiger partial charge >= 0.3 is 5.97 Å². The van der Waals surface area contributed by atoms with Gasteiger partial charge in [-0.05, 0) is 44.2 Å². The summed E-state index contributed by atoms with van der Waals surface area (Å²) < 4.78 is 0. The fourth-order valence-electron chi connectivity index (χ4n) is 2.71. The van der Waals surface area contributed by atoms with Gasteiger partial charge in [0.2, 0.25) is 0 Å². The number of nitrogens with one attached hydrogen (secondary N) is 1. The Morgan fingerprint density at radius 2 is 2.25 bits per heavy atom. The number of hydrogen-bond acceptors (Lipinski definition) is 4. The summed E-state index contributed by atoms with van der Waals surface area (Å²) in [5.74, 6) is -0.712. The first kappa shape index (κ1) is 14.2. The van der Waals surface area contributed by atoms with E-state index in [0.717, 1.165) is 24.3 Å². The zero-order valence-corrected chi connectivity index (χ0v) is 12.6. The molecule has 0 amide bonds. The van der Waals surface area contributed by atoms with Crippen molar-refractivity contribution < 1.29 is 9.90 Å². The van der Waals surface area contributed by atoms with Gasteiger partial charge in [0.25, 0.3) is 0 Å². The van der Waals surface area contributed by atoms with E-state index in [-0.39, 0.29) is 0 Å². The fraction of sp³-hybridized carbons (Fsp3) is 0.571. The summed E-state index contributed by atoms with van der Waals surface area (Å²) in [6.07, 6.45) is 6.10. The van der Waals surface area contributed by atoms with E-state index in [4.69, 9.17) is 11.6 Å². The van der Waals surface area contributed by atoms with Crippen LogP contribution in [0.1, 0.15) is 32.1 Å². The Hall–Kier alpha value is -0.780. The van der Waals surface area contributed by atoms with Crippen molar-refractivity contribution in [3.05, 3.63) is 23.4 Å². The van der Waals surface area contributed by atoms with Crippen molar-refractivity contribution in [2.45, 2.75) is 54.0 Å². The molecule has 2 saturated carbocycles. The second-order valence-corrected chi connectivity index (χ2v) is 7.36. The number of aromatic nitrogens is 1. The fourth-order valence-corrected chi connectivity index (χ4v) is 4.03. The molecule has 1 aromatic rings. The third kappa shape index (κ3) is 3.10. The predicted octanol–water partition coefficient (Wildman–Crippen LogP) is 2.96. The minimum Gasteiger partial charge on any atom is -0.480 e. The number of pyridine rings is 1. The maximum absolute atomic E-state index is 11.6. The minimum absolute atomic E-state index is 0.297. The highest BCUT2D eigenvalue weighted by molar-refractivity contribution is 7.99. The van der Waals surface area contributed by atoms with E-state index in [1.807, 2.05) is 12.1 Å². The van der Waals surface area contributed by atoms with Crippen molar-refractivity contribution in [1.29, 1.82) is 0 Å². The molecule has 1 heterocycles. The monoisotopic (exact) mass is 312 g/mol. The molecule has 0 saturated heterocycles. The second kappa shape index (κ2) is 5.54. The largest absolute Gasteiger partial charge is 0.480 e. The van der Waals surface area contributed by atoms with Crippen LogP contribution in [-0.4, -0.2) is 32.9 Å². The number of nitrogens with zero attached hydrogens (tertiary/aromatic N) is 1. The van der Waals surface area contributed by atoms with E-state index < -0.39 is 11.5 Å². The van der Waals surface area contributed by atoms with Gasteiger partial charge in [-0.1, -0.05) is 11.6 Å². The summed E-state index contributed by atoms with van der Waals surface area (Å²) in [7, 11) is 0.